The second-order valence-electron chi connectivity index (χ2n) is 2.94. The van der Waals surface area contributed by atoms with Gasteiger partial charge < -0.3 is 0 Å². The highest BCUT2D eigenvalue weighted by atomic mass is 19.1. The molecule has 1 nitrogen and oxygen atoms in total. The summed E-state index contributed by atoms with van der Waals surface area (Å²) in [6.45, 7) is 3.29. The first-order valence-corrected chi connectivity index (χ1v) is 4.04. The van der Waals surface area contributed by atoms with Gasteiger partial charge in [0, 0.05) is 0 Å². The first-order chi connectivity index (χ1) is 6.09. The van der Waals surface area contributed by atoms with E-state index in [9.17, 15) is 9.18 Å². The van der Waals surface area contributed by atoms with Gasteiger partial charge in [0.15, 0.2) is 5.78 Å². The summed E-state index contributed by atoms with van der Waals surface area (Å²) in [6.07, 6.45) is 3.16. The number of hydrogen-bond donors (Lipinski definition) is 0. The third-order valence-electron chi connectivity index (χ3n) is 1.73. The van der Waals surface area contributed by atoms with Crippen molar-refractivity contribution in [2.75, 3.05) is 0 Å². The van der Waals surface area contributed by atoms with Crippen LogP contribution in [0.4, 0.5) is 4.39 Å². The van der Waals surface area contributed by atoms with Crippen molar-refractivity contribution in [2.45, 2.75) is 13.8 Å². The second-order valence-corrected chi connectivity index (χ2v) is 2.94. The third-order valence-corrected chi connectivity index (χ3v) is 1.73. The molecule has 0 aliphatic rings. The maximum atomic E-state index is 12.7. The Bertz CT molecular complexity index is 353. The van der Waals surface area contributed by atoms with Crippen molar-refractivity contribution in [2.24, 2.45) is 0 Å². The Morgan fingerprint density at radius 1 is 1.46 bits per heavy atom. The number of hydrogen-bond acceptors (Lipinski definition) is 1. The maximum Gasteiger partial charge on any atom is 0.152 e. The van der Waals surface area contributed by atoms with Crippen LogP contribution in [0, 0.1) is 12.7 Å². The van der Waals surface area contributed by atoms with Gasteiger partial charge in [-0.3, -0.25) is 4.79 Å². The van der Waals surface area contributed by atoms with Crippen molar-refractivity contribution in [3.8, 4) is 0 Å². The molecule has 0 aliphatic heterocycles. The first-order valence-electron chi connectivity index (χ1n) is 4.04. The van der Waals surface area contributed by atoms with E-state index in [2.05, 4.69) is 0 Å². The van der Waals surface area contributed by atoms with Gasteiger partial charge in [-0.1, -0.05) is 12.1 Å². The molecule has 0 fully saturated rings. The van der Waals surface area contributed by atoms with Gasteiger partial charge in [0.1, 0.15) is 5.82 Å². The molecule has 2 heteroatoms. The van der Waals surface area contributed by atoms with E-state index in [4.69, 9.17) is 0 Å². The highest BCUT2D eigenvalue weighted by molar-refractivity contribution is 5.91. The van der Waals surface area contributed by atoms with Crippen LogP contribution in [-0.4, -0.2) is 5.78 Å². The molecule has 68 valence electrons. The fourth-order valence-electron chi connectivity index (χ4n) is 1.03. The smallest absolute Gasteiger partial charge is 0.152 e. The summed E-state index contributed by atoms with van der Waals surface area (Å²) < 4.78 is 12.7. The molecule has 13 heavy (non-hydrogen) atoms. The number of benzene rings is 1. The van der Waals surface area contributed by atoms with Gasteiger partial charge in [0.05, 0.1) is 0 Å². The van der Waals surface area contributed by atoms with Crippen LogP contribution in [0.15, 0.2) is 24.3 Å². The molecule has 0 aromatic heterocycles. The Kier molecular flexibility index (Phi) is 2.96. The lowest BCUT2D eigenvalue weighted by atomic mass is 10.1. The molecule has 0 saturated carbocycles. The molecule has 0 unspecified atom stereocenters. The second kappa shape index (κ2) is 3.99. The van der Waals surface area contributed by atoms with Crippen LogP contribution < -0.4 is 0 Å². The van der Waals surface area contributed by atoms with E-state index in [0.717, 1.165) is 11.1 Å². The number of aryl methyl sites for hydroxylation is 1. The largest absolute Gasteiger partial charge is 0.295 e. The lowest BCUT2D eigenvalue weighted by Gasteiger charge is -1.98. The lowest BCUT2D eigenvalue weighted by molar-refractivity contribution is -0.112. The van der Waals surface area contributed by atoms with Gasteiger partial charge in [0.25, 0.3) is 0 Å². The van der Waals surface area contributed by atoms with Crippen LogP contribution in [0.3, 0.4) is 0 Å². The zero-order valence-electron chi connectivity index (χ0n) is 7.67. The SMILES string of the molecule is CC(=O)/C=C/c1ccc(F)cc1C. The van der Waals surface area contributed by atoms with E-state index in [1.165, 1.54) is 25.1 Å². The average Bonchev–Trinajstić information content (AvgIpc) is 2.02. The number of halogens is 1. The predicted molar refractivity (Wildman–Crippen MR) is 50.9 cm³/mol. The van der Waals surface area contributed by atoms with E-state index in [-0.39, 0.29) is 11.6 Å². The van der Waals surface area contributed by atoms with Gasteiger partial charge in [-0.25, -0.2) is 4.39 Å². The first kappa shape index (κ1) is 9.65. The van der Waals surface area contributed by atoms with Gasteiger partial charge in [0.2, 0.25) is 0 Å². The molecule has 0 bridgehead atoms. The van der Waals surface area contributed by atoms with Gasteiger partial charge in [-0.2, -0.15) is 0 Å². The predicted octanol–water partition coefficient (Wildman–Crippen LogP) is 2.74. The Hall–Kier alpha value is -1.44. The van der Waals surface area contributed by atoms with E-state index in [0.29, 0.717) is 0 Å². The number of allylic oxidation sites excluding steroid dienone is 1. The molecule has 0 aliphatic carbocycles. The maximum absolute atomic E-state index is 12.7. The summed E-state index contributed by atoms with van der Waals surface area (Å²) in [5, 5.41) is 0. The highest BCUT2D eigenvalue weighted by Crippen LogP contribution is 2.11. The molecular formula is C11H11FO. The lowest BCUT2D eigenvalue weighted by Crippen LogP contribution is -1.85. The van der Waals surface area contributed by atoms with Crippen LogP contribution >= 0.6 is 0 Å². The number of rotatable bonds is 2. The quantitative estimate of drug-likeness (QED) is 0.636. The summed E-state index contributed by atoms with van der Waals surface area (Å²) in [6, 6.07) is 4.48. The minimum atomic E-state index is -0.252. The van der Waals surface area contributed by atoms with Crippen molar-refractivity contribution in [3.63, 3.8) is 0 Å². The van der Waals surface area contributed by atoms with Gasteiger partial charge in [-0.15, -0.1) is 0 Å². The summed E-state index contributed by atoms with van der Waals surface area (Å²) >= 11 is 0. The van der Waals surface area contributed by atoms with E-state index >= 15 is 0 Å². The molecule has 0 heterocycles. The topological polar surface area (TPSA) is 17.1 Å². The van der Waals surface area contributed by atoms with Crippen LogP contribution in [0.25, 0.3) is 6.08 Å². The minimum absolute atomic E-state index is 0.0104. The molecule has 0 radical (unpaired) electrons. The highest BCUT2D eigenvalue weighted by Gasteiger charge is 1.95. The van der Waals surface area contributed by atoms with E-state index in [1.807, 2.05) is 6.92 Å². The summed E-state index contributed by atoms with van der Waals surface area (Å²) in [4.78, 5) is 10.6. The molecule has 1 aromatic carbocycles. The van der Waals surface area contributed by atoms with Crippen LogP contribution in [0.1, 0.15) is 18.1 Å². The fourth-order valence-corrected chi connectivity index (χ4v) is 1.03. The Morgan fingerprint density at radius 2 is 2.15 bits per heavy atom. The number of carbonyl (C=O) groups is 1. The van der Waals surface area contributed by atoms with Crippen molar-refractivity contribution in [1.29, 1.82) is 0 Å². The zero-order chi connectivity index (χ0) is 9.84. The van der Waals surface area contributed by atoms with Gasteiger partial charge >= 0.3 is 0 Å². The number of ketones is 1. The Balaban J connectivity index is 2.96. The van der Waals surface area contributed by atoms with Crippen LogP contribution in [-0.2, 0) is 4.79 Å². The molecule has 0 saturated heterocycles. The van der Waals surface area contributed by atoms with E-state index in [1.54, 1.807) is 12.1 Å². The summed E-state index contributed by atoms with van der Waals surface area (Å²) in [7, 11) is 0. The van der Waals surface area contributed by atoms with Crippen molar-refractivity contribution in [3.05, 3.63) is 41.2 Å². The zero-order valence-corrected chi connectivity index (χ0v) is 7.67. The molecule has 0 amide bonds. The Morgan fingerprint density at radius 3 is 2.69 bits per heavy atom. The molecule has 1 aromatic rings. The third kappa shape index (κ3) is 2.82. The van der Waals surface area contributed by atoms with Crippen molar-refractivity contribution in [1.82, 2.24) is 0 Å². The Labute approximate surface area is 76.9 Å². The van der Waals surface area contributed by atoms with Crippen LogP contribution in [0.2, 0.25) is 0 Å². The molecule has 1 rings (SSSR count). The molecule has 0 atom stereocenters. The van der Waals surface area contributed by atoms with Gasteiger partial charge in [-0.05, 0) is 43.2 Å². The standard InChI is InChI=1S/C11H11FO/c1-8-7-11(12)6-5-10(8)4-3-9(2)13/h3-7H,1-2H3/b4-3+. The molecule has 0 spiro atoms. The van der Waals surface area contributed by atoms with E-state index < -0.39 is 0 Å². The normalized spacial score (nSPS) is 10.7. The summed E-state index contributed by atoms with van der Waals surface area (Å²) in [5.41, 5.74) is 1.70. The van der Waals surface area contributed by atoms with Crippen LogP contribution in [0.5, 0.6) is 0 Å². The summed E-state index contributed by atoms with van der Waals surface area (Å²) in [5.74, 6) is -0.263. The molecular weight excluding hydrogens is 167 g/mol. The van der Waals surface area contributed by atoms with Crippen molar-refractivity contribution >= 4 is 11.9 Å². The monoisotopic (exact) mass is 178 g/mol. The van der Waals surface area contributed by atoms with Crippen molar-refractivity contribution < 1.29 is 9.18 Å². The average molecular weight is 178 g/mol. The minimum Gasteiger partial charge on any atom is -0.295 e. The number of carbonyl (C=O) groups excluding carboxylic acids is 1. The fraction of sp³-hybridized carbons (Fsp3) is 0.182. The molecule has 0 N–H and O–H groups in total.